The van der Waals surface area contributed by atoms with Gasteiger partial charge in [-0.3, -0.25) is 14.8 Å². The van der Waals surface area contributed by atoms with Gasteiger partial charge in [0.15, 0.2) is 0 Å². The van der Waals surface area contributed by atoms with E-state index >= 15 is 0 Å². The minimum Gasteiger partial charge on any atom is -0.384 e. The van der Waals surface area contributed by atoms with Crippen LogP contribution in [0.1, 0.15) is 21.7 Å². The zero-order valence-corrected chi connectivity index (χ0v) is 20.2. The number of nitrogens with two attached hydrogens (primary N) is 1. The van der Waals surface area contributed by atoms with Crippen LogP contribution in [-0.2, 0) is 6.54 Å². The first kappa shape index (κ1) is 22.9. The maximum atomic E-state index is 13.5. The Morgan fingerprint density at radius 2 is 1.79 bits per heavy atom. The van der Waals surface area contributed by atoms with Crippen molar-refractivity contribution >= 4 is 28.5 Å². The van der Waals surface area contributed by atoms with E-state index < -0.39 is 0 Å². The highest BCUT2D eigenvalue weighted by molar-refractivity contribution is 6.03. The third kappa shape index (κ3) is 4.42. The molecule has 0 aliphatic heterocycles. The van der Waals surface area contributed by atoms with Gasteiger partial charge in [-0.1, -0.05) is 24.3 Å². The van der Waals surface area contributed by atoms with Gasteiger partial charge < -0.3 is 15.6 Å². The molecule has 38 heavy (non-hydrogen) atoms. The zero-order valence-electron chi connectivity index (χ0n) is 20.2. The van der Waals surface area contributed by atoms with E-state index in [1.54, 1.807) is 47.8 Å². The van der Waals surface area contributed by atoms with Crippen molar-refractivity contribution in [3.05, 3.63) is 121 Å². The fourth-order valence-electron chi connectivity index (χ4n) is 4.30. The summed E-state index contributed by atoms with van der Waals surface area (Å²) in [6.45, 7) is 0.452. The highest BCUT2D eigenvalue weighted by atomic mass is 16.2. The fourth-order valence-corrected chi connectivity index (χ4v) is 4.30. The number of rotatable bonds is 7. The summed E-state index contributed by atoms with van der Waals surface area (Å²) in [5.74, 6) is -0.377. The Morgan fingerprint density at radius 3 is 2.58 bits per heavy atom. The lowest BCUT2D eigenvalue weighted by Gasteiger charge is -2.10. The molecule has 0 fully saturated rings. The molecule has 0 bridgehead atoms. The molecule has 3 aromatic heterocycles. The maximum absolute atomic E-state index is 13.5. The van der Waals surface area contributed by atoms with Crippen LogP contribution >= 0.6 is 0 Å². The third-order valence-electron chi connectivity index (χ3n) is 6.15. The summed E-state index contributed by atoms with van der Waals surface area (Å²) in [5, 5.41) is 15.4. The molecule has 0 aliphatic carbocycles. The summed E-state index contributed by atoms with van der Waals surface area (Å²) in [4.78, 5) is 22.0. The number of nitrogens with zero attached hydrogens (tertiary/aromatic N) is 6. The van der Waals surface area contributed by atoms with Crippen LogP contribution in [0.15, 0.2) is 104 Å². The molecule has 0 aliphatic rings. The molecule has 0 radical (unpaired) electrons. The van der Waals surface area contributed by atoms with E-state index in [1.807, 2.05) is 69.9 Å². The van der Waals surface area contributed by atoms with Crippen LogP contribution in [0.5, 0.6) is 0 Å². The first-order valence-corrected chi connectivity index (χ1v) is 11.9. The van der Waals surface area contributed by atoms with Gasteiger partial charge in [0.1, 0.15) is 17.9 Å². The van der Waals surface area contributed by atoms with Gasteiger partial charge in [0, 0.05) is 29.3 Å². The molecule has 6 rings (SSSR count). The Labute approximate surface area is 217 Å². The number of fused-ring (bicyclic) bond motifs is 1. The van der Waals surface area contributed by atoms with Crippen molar-refractivity contribution in [1.29, 1.82) is 5.41 Å². The number of para-hydroxylation sites is 2. The third-order valence-corrected chi connectivity index (χ3v) is 6.15. The molecular formula is C28H23N9O. The van der Waals surface area contributed by atoms with Gasteiger partial charge in [-0.15, -0.1) is 0 Å². The summed E-state index contributed by atoms with van der Waals surface area (Å²) in [5.41, 5.74) is 11.4. The van der Waals surface area contributed by atoms with Crippen molar-refractivity contribution in [2.45, 2.75) is 6.54 Å². The Hall–Kier alpha value is -5.51. The predicted octanol–water partition coefficient (Wildman–Crippen LogP) is 3.99. The molecule has 10 nitrogen and oxygen atoms in total. The smallest absolute Gasteiger partial charge is 0.274 e. The van der Waals surface area contributed by atoms with E-state index in [-0.39, 0.29) is 11.7 Å². The van der Waals surface area contributed by atoms with Gasteiger partial charge in [-0.05, 0) is 54.6 Å². The number of carbonyl (C=O) groups excluding carboxylic acids is 1. The lowest BCUT2D eigenvalue weighted by atomic mass is 10.2. The molecule has 3 aromatic carbocycles. The van der Waals surface area contributed by atoms with Gasteiger partial charge in [0.05, 0.1) is 35.3 Å². The van der Waals surface area contributed by atoms with Crippen LogP contribution in [0.25, 0.3) is 22.4 Å². The van der Waals surface area contributed by atoms with Gasteiger partial charge in [0.25, 0.3) is 5.91 Å². The molecule has 10 heteroatoms. The van der Waals surface area contributed by atoms with E-state index in [0.717, 1.165) is 16.7 Å². The first-order valence-electron chi connectivity index (χ1n) is 11.9. The highest BCUT2D eigenvalue weighted by Gasteiger charge is 2.18. The number of anilines is 1. The van der Waals surface area contributed by atoms with E-state index in [2.05, 4.69) is 20.4 Å². The largest absolute Gasteiger partial charge is 0.384 e. The second-order valence-corrected chi connectivity index (χ2v) is 8.74. The van der Waals surface area contributed by atoms with Crippen LogP contribution in [0.2, 0.25) is 0 Å². The number of amidine groups is 1. The van der Waals surface area contributed by atoms with Crippen molar-refractivity contribution < 1.29 is 4.79 Å². The van der Waals surface area contributed by atoms with Crippen LogP contribution in [0.4, 0.5) is 5.69 Å². The summed E-state index contributed by atoms with van der Waals surface area (Å²) in [7, 11) is 0. The van der Waals surface area contributed by atoms with Crippen LogP contribution in [-0.4, -0.2) is 40.6 Å². The number of nitrogen functional groups attached to an aromatic ring is 1. The van der Waals surface area contributed by atoms with E-state index in [9.17, 15) is 4.79 Å². The average Bonchev–Trinajstić information content (AvgIpc) is 3.70. The van der Waals surface area contributed by atoms with Gasteiger partial charge >= 0.3 is 0 Å². The van der Waals surface area contributed by atoms with Crippen LogP contribution < -0.4 is 11.1 Å². The number of hydrogen-bond acceptors (Lipinski definition) is 5. The van der Waals surface area contributed by atoms with Crippen molar-refractivity contribution in [2.75, 3.05) is 5.32 Å². The first-order chi connectivity index (χ1) is 18.5. The second kappa shape index (κ2) is 9.51. The summed E-state index contributed by atoms with van der Waals surface area (Å²) < 4.78 is 5.44. The molecule has 4 N–H and O–H groups in total. The Morgan fingerprint density at radius 1 is 0.947 bits per heavy atom. The van der Waals surface area contributed by atoms with E-state index in [1.165, 1.54) is 0 Å². The van der Waals surface area contributed by atoms with E-state index in [0.29, 0.717) is 34.9 Å². The molecule has 0 saturated heterocycles. The molecule has 0 spiro atoms. The van der Waals surface area contributed by atoms with Gasteiger partial charge in [0.2, 0.25) is 0 Å². The number of benzene rings is 3. The summed E-state index contributed by atoms with van der Waals surface area (Å²) >= 11 is 0. The Kier molecular flexibility index (Phi) is 5.74. The standard InChI is InChI=1S/C28H23N9O/c29-27(30)19-4-3-5-23(14-19)37-26(15-21(34-37)16-35-13-12-31-17-35)28(38)33-20-8-10-22(11-9-20)36-18-32-24-6-1-2-7-25(24)36/h1-15,17-18H,16H2,(H3,29,30)(H,33,38). The van der Waals surface area contributed by atoms with Gasteiger partial charge in [-0.2, -0.15) is 5.10 Å². The molecule has 0 saturated carbocycles. The molecule has 1 amide bonds. The Balaban J connectivity index is 1.30. The number of amides is 1. The van der Waals surface area contributed by atoms with Crippen molar-refractivity contribution in [3.8, 4) is 11.4 Å². The van der Waals surface area contributed by atoms with Crippen molar-refractivity contribution in [3.63, 3.8) is 0 Å². The van der Waals surface area contributed by atoms with E-state index in [4.69, 9.17) is 11.1 Å². The van der Waals surface area contributed by atoms with Crippen LogP contribution in [0.3, 0.4) is 0 Å². The van der Waals surface area contributed by atoms with Crippen LogP contribution in [0, 0.1) is 5.41 Å². The predicted molar refractivity (Wildman–Crippen MR) is 145 cm³/mol. The number of aromatic nitrogens is 6. The van der Waals surface area contributed by atoms with Crippen molar-refractivity contribution in [1.82, 2.24) is 28.9 Å². The molecule has 3 heterocycles. The lowest BCUT2D eigenvalue weighted by molar-refractivity contribution is 0.101. The minimum absolute atomic E-state index is 0.0607. The lowest BCUT2D eigenvalue weighted by Crippen LogP contribution is -2.17. The second-order valence-electron chi connectivity index (χ2n) is 8.74. The molecule has 0 unspecified atom stereocenters. The average molecular weight is 502 g/mol. The highest BCUT2D eigenvalue weighted by Crippen LogP contribution is 2.21. The summed E-state index contributed by atoms with van der Waals surface area (Å²) in [6.07, 6.45) is 7.01. The molecule has 0 atom stereocenters. The minimum atomic E-state index is -0.316. The monoisotopic (exact) mass is 501 g/mol. The SMILES string of the molecule is N=C(N)c1cccc(-n2nc(Cn3ccnc3)cc2C(=O)Nc2ccc(-n3cnc4ccccc43)cc2)c1. The normalized spacial score (nSPS) is 11.1. The molecule has 6 aromatic rings. The topological polar surface area (TPSA) is 132 Å². The summed E-state index contributed by atoms with van der Waals surface area (Å²) in [6, 6.07) is 24.3. The quantitative estimate of drug-likeness (QED) is 0.225. The Bertz CT molecular complexity index is 1760. The van der Waals surface area contributed by atoms with Gasteiger partial charge in [-0.25, -0.2) is 14.6 Å². The maximum Gasteiger partial charge on any atom is 0.274 e. The number of carbonyl (C=O) groups is 1. The number of imidazole rings is 2. The molecular weight excluding hydrogens is 478 g/mol. The molecule has 186 valence electrons. The van der Waals surface area contributed by atoms with Crippen molar-refractivity contribution in [2.24, 2.45) is 5.73 Å². The zero-order chi connectivity index (χ0) is 26.1. The number of nitrogens with one attached hydrogen (secondary N) is 2. The number of hydrogen-bond donors (Lipinski definition) is 3. The fraction of sp³-hybridized carbons (Fsp3) is 0.0357.